The average Bonchev–Trinajstić information content (AvgIpc) is 2.82. The highest BCUT2D eigenvalue weighted by Crippen LogP contribution is 2.14. The quantitative estimate of drug-likeness (QED) is 0.386. The van der Waals surface area contributed by atoms with Crippen molar-refractivity contribution < 1.29 is 4.79 Å². The average molecular weight is 410 g/mol. The number of hydrazone groups is 1. The van der Waals surface area contributed by atoms with Gasteiger partial charge in [-0.2, -0.15) is 10.2 Å². The second-order valence-electron chi connectivity index (χ2n) is 7.26. The van der Waals surface area contributed by atoms with Crippen LogP contribution < -0.4 is 11.0 Å². The van der Waals surface area contributed by atoms with Gasteiger partial charge in [-0.25, -0.2) is 10.1 Å². The van der Waals surface area contributed by atoms with Crippen molar-refractivity contribution >= 4 is 22.9 Å². The summed E-state index contributed by atoms with van der Waals surface area (Å²) in [7, 11) is 0. The SMILES string of the molecule is C[C@@H](/C=N\NC(=O)c1nn(Cc2ccccc2)c(=O)c2ccccc12)c1ccccc1. The number of carbonyl (C=O) groups excluding carboxylic acids is 1. The van der Waals surface area contributed by atoms with Crippen LogP contribution in [0, 0.1) is 0 Å². The third kappa shape index (κ3) is 4.59. The van der Waals surface area contributed by atoms with E-state index >= 15 is 0 Å². The molecule has 4 aromatic rings. The van der Waals surface area contributed by atoms with E-state index < -0.39 is 5.91 Å². The van der Waals surface area contributed by atoms with Crippen molar-refractivity contribution in [2.75, 3.05) is 0 Å². The van der Waals surface area contributed by atoms with E-state index in [2.05, 4.69) is 15.6 Å². The van der Waals surface area contributed by atoms with Crippen molar-refractivity contribution in [1.82, 2.24) is 15.2 Å². The summed E-state index contributed by atoms with van der Waals surface area (Å²) >= 11 is 0. The lowest BCUT2D eigenvalue weighted by Gasteiger charge is -2.10. The molecule has 1 heterocycles. The molecule has 0 bridgehead atoms. The number of carbonyl (C=O) groups is 1. The van der Waals surface area contributed by atoms with E-state index in [1.165, 1.54) is 4.68 Å². The van der Waals surface area contributed by atoms with E-state index in [0.29, 0.717) is 10.8 Å². The second-order valence-corrected chi connectivity index (χ2v) is 7.26. The zero-order chi connectivity index (χ0) is 21.6. The first-order valence-electron chi connectivity index (χ1n) is 10.1. The maximum Gasteiger partial charge on any atom is 0.292 e. The number of nitrogens with one attached hydrogen (secondary N) is 1. The van der Waals surface area contributed by atoms with Gasteiger partial charge in [0.15, 0.2) is 5.69 Å². The van der Waals surface area contributed by atoms with Crippen LogP contribution in [-0.2, 0) is 6.54 Å². The van der Waals surface area contributed by atoms with Crippen LogP contribution in [0.2, 0.25) is 0 Å². The monoisotopic (exact) mass is 410 g/mol. The minimum atomic E-state index is -0.463. The number of rotatable bonds is 6. The second kappa shape index (κ2) is 9.17. The lowest BCUT2D eigenvalue weighted by atomic mass is 10.0. The maximum absolute atomic E-state index is 12.9. The molecule has 4 rings (SSSR count). The Morgan fingerprint density at radius 3 is 2.29 bits per heavy atom. The Balaban J connectivity index is 1.63. The highest BCUT2D eigenvalue weighted by Gasteiger charge is 2.16. The minimum Gasteiger partial charge on any atom is -0.267 e. The van der Waals surface area contributed by atoms with Crippen molar-refractivity contribution in [3.05, 3.63) is 112 Å². The summed E-state index contributed by atoms with van der Waals surface area (Å²) in [5.74, 6) is -0.423. The Morgan fingerprint density at radius 2 is 1.58 bits per heavy atom. The third-order valence-electron chi connectivity index (χ3n) is 5.05. The summed E-state index contributed by atoms with van der Waals surface area (Å²) < 4.78 is 1.32. The normalized spacial score (nSPS) is 12.2. The van der Waals surface area contributed by atoms with Crippen LogP contribution in [0.25, 0.3) is 10.8 Å². The first-order valence-corrected chi connectivity index (χ1v) is 10.1. The van der Waals surface area contributed by atoms with Crippen molar-refractivity contribution in [1.29, 1.82) is 0 Å². The minimum absolute atomic E-state index is 0.0400. The van der Waals surface area contributed by atoms with Crippen LogP contribution in [0.3, 0.4) is 0 Å². The Labute approximate surface area is 179 Å². The van der Waals surface area contributed by atoms with Gasteiger partial charge >= 0.3 is 0 Å². The van der Waals surface area contributed by atoms with Gasteiger partial charge in [0.2, 0.25) is 0 Å². The number of hydrogen-bond donors (Lipinski definition) is 1. The molecular weight excluding hydrogens is 388 g/mol. The van der Waals surface area contributed by atoms with Gasteiger partial charge in [-0.3, -0.25) is 9.59 Å². The van der Waals surface area contributed by atoms with Crippen LogP contribution in [0.4, 0.5) is 0 Å². The lowest BCUT2D eigenvalue weighted by molar-refractivity contribution is 0.0949. The molecule has 0 unspecified atom stereocenters. The Morgan fingerprint density at radius 1 is 0.968 bits per heavy atom. The molecule has 0 aliphatic rings. The van der Waals surface area contributed by atoms with Gasteiger partial charge in [0, 0.05) is 17.5 Å². The molecule has 3 aromatic carbocycles. The molecule has 6 heteroatoms. The van der Waals surface area contributed by atoms with E-state index in [9.17, 15) is 9.59 Å². The molecule has 0 saturated carbocycles. The lowest BCUT2D eigenvalue weighted by Crippen LogP contribution is -2.29. The summed E-state index contributed by atoms with van der Waals surface area (Å²) in [5, 5.41) is 9.43. The van der Waals surface area contributed by atoms with Crippen molar-refractivity contribution in [3.63, 3.8) is 0 Å². The fourth-order valence-corrected chi connectivity index (χ4v) is 3.37. The first kappa shape index (κ1) is 20.2. The van der Waals surface area contributed by atoms with E-state index in [0.717, 1.165) is 11.1 Å². The summed E-state index contributed by atoms with van der Waals surface area (Å²) in [6, 6.07) is 26.4. The molecule has 0 aliphatic heterocycles. The van der Waals surface area contributed by atoms with Gasteiger partial charge in [0.1, 0.15) is 0 Å². The summed E-state index contributed by atoms with van der Waals surface area (Å²) in [6.07, 6.45) is 1.68. The number of nitrogens with zero attached hydrogens (tertiary/aromatic N) is 3. The molecule has 0 fully saturated rings. The fourth-order valence-electron chi connectivity index (χ4n) is 3.37. The number of aromatic nitrogens is 2. The van der Waals surface area contributed by atoms with E-state index in [4.69, 9.17) is 0 Å². The number of fused-ring (bicyclic) bond motifs is 1. The Hall–Kier alpha value is -4.06. The molecule has 0 aliphatic carbocycles. The molecule has 1 N–H and O–H groups in total. The van der Waals surface area contributed by atoms with Crippen LogP contribution >= 0.6 is 0 Å². The number of benzene rings is 3. The summed E-state index contributed by atoms with van der Waals surface area (Å²) in [4.78, 5) is 25.8. The smallest absolute Gasteiger partial charge is 0.267 e. The molecule has 31 heavy (non-hydrogen) atoms. The molecule has 0 radical (unpaired) electrons. The summed E-state index contributed by atoms with van der Waals surface area (Å²) in [6.45, 7) is 2.28. The van der Waals surface area contributed by atoms with Crippen molar-refractivity contribution in [2.45, 2.75) is 19.4 Å². The topological polar surface area (TPSA) is 76.3 Å². The maximum atomic E-state index is 12.9. The zero-order valence-electron chi connectivity index (χ0n) is 17.1. The molecule has 0 saturated heterocycles. The van der Waals surface area contributed by atoms with Gasteiger partial charge in [0.25, 0.3) is 11.5 Å². The predicted molar refractivity (Wildman–Crippen MR) is 122 cm³/mol. The van der Waals surface area contributed by atoms with E-state index in [1.807, 2.05) is 67.6 Å². The molecule has 1 amide bonds. The molecule has 6 nitrogen and oxygen atoms in total. The predicted octanol–water partition coefficient (Wildman–Crippen LogP) is 3.96. The van der Waals surface area contributed by atoms with Gasteiger partial charge in [-0.05, 0) is 17.2 Å². The molecule has 1 aromatic heterocycles. The Kier molecular flexibility index (Phi) is 5.98. The number of amides is 1. The van der Waals surface area contributed by atoms with E-state index in [-0.39, 0.29) is 23.7 Å². The summed E-state index contributed by atoms with van der Waals surface area (Å²) in [5.41, 5.74) is 4.50. The van der Waals surface area contributed by atoms with Gasteiger partial charge in [-0.15, -0.1) is 0 Å². The highest BCUT2D eigenvalue weighted by atomic mass is 16.2. The van der Waals surface area contributed by atoms with Crippen LogP contribution in [0.1, 0.15) is 34.5 Å². The largest absolute Gasteiger partial charge is 0.292 e. The Bertz CT molecular complexity index is 1280. The highest BCUT2D eigenvalue weighted by molar-refractivity contribution is 6.04. The zero-order valence-corrected chi connectivity index (χ0v) is 17.1. The van der Waals surface area contributed by atoms with Crippen molar-refractivity contribution in [2.24, 2.45) is 5.10 Å². The van der Waals surface area contributed by atoms with Crippen LogP contribution in [-0.4, -0.2) is 21.9 Å². The standard InChI is InChI=1S/C25H22N4O2/c1-18(20-12-6-3-7-13-20)16-26-27-24(30)23-21-14-8-9-15-22(21)25(31)29(28-23)17-19-10-4-2-5-11-19/h2-16,18H,17H2,1H3,(H,27,30)/b26-16-/t18-/m0/s1. The molecule has 1 atom stereocenters. The van der Waals surface area contributed by atoms with Gasteiger partial charge < -0.3 is 0 Å². The van der Waals surface area contributed by atoms with Crippen molar-refractivity contribution in [3.8, 4) is 0 Å². The van der Waals surface area contributed by atoms with Gasteiger partial charge in [-0.1, -0.05) is 85.8 Å². The van der Waals surface area contributed by atoms with Crippen LogP contribution in [0.5, 0.6) is 0 Å². The fraction of sp³-hybridized carbons (Fsp3) is 0.120. The van der Waals surface area contributed by atoms with Gasteiger partial charge in [0.05, 0.1) is 11.9 Å². The first-order chi connectivity index (χ1) is 15.1. The third-order valence-corrected chi connectivity index (χ3v) is 5.05. The number of hydrogen-bond acceptors (Lipinski definition) is 4. The molecular formula is C25H22N4O2. The van der Waals surface area contributed by atoms with Crippen LogP contribution in [0.15, 0.2) is 94.8 Å². The molecule has 0 spiro atoms. The molecule has 154 valence electrons. The van der Waals surface area contributed by atoms with E-state index in [1.54, 1.807) is 30.5 Å².